The van der Waals surface area contributed by atoms with Crippen LogP contribution in [0, 0.1) is 11.3 Å². The second kappa shape index (κ2) is 10.1. The lowest BCUT2D eigenvalue weighted by molar-refractivity contribution is -0.138. The number of aliphatic carboxylic acids is 1. The van der Waals surface area contributed by atoms with Crippen molar-refractivity contribution in [1.82, 2.24) is 10.6 Å². The molecule has 0 radical (unpaired) electrons. The highest BCUT2D eigenvalue weighted by Gasteiger charge is 2.34. The number of rotatable bonds is 8. The Morgan fingerprint density at radius 2 is 1.55 bits per heavy atom. The first-order valence-corrected chi connectivity index (χ1v) is 11.2. The molecule has 0 aromatic heterocycles. The van der Waals surface area contributed by atoms with Gasteiger partial charge in [-0.2, -0.15) is 0 Å². The van der Waals surface area contributed by atoms with Crippen molar-refractivity contribution in [2.75, 3.05) is 13.2 Å². The van der Waals surface area contributed by atoms with Crippen molar-refractivity contribution in [3.05, 3.63) is 59.7 Å². The molecule has 2 amide bonds. The standard InChI is InChI=1S/C26H32N2O5/c1-16(13-22(29)30)14-27-24(31)23(26(2,3)4)28-25(32)33-15-21-19-11-7-5-9-17(19)18-10-6-8-12-20(18)21/h5-12,16,21,23H,13-15H2,1-4H3,(H,27,31)(H,28,32)(H,29,30)/t16?,23-/m0/s1. The van der Waals surface area contributed by atoms with Crippen LogP contribution in [-0.2, 0) is 14.3 Å². The van der Waals surface area contributed by atoms with Crippen LogP contribution in [0.5, 0.6) is 0 Å². The molecule has 7 nitrogen and oxygen atoms in total. The van der Waals surface area contributed by atoms with Crippen molar-refractivity contribution in [1.29, 1.82) is 0 Å². The third-order valence-electron chi connectivity index (χ3n) is 5.88. The van der Waals surface area contributed by atoms with Crippen molar-refractivity contribution < 1.29 is 24.2 Å². The largest absolute Gasteiger partial charge is 0.481 e. The van der Waals surface area contributed by atoms with Crippen molar-refractivity contribution in [2.24, 2.45) is 11.3 Å². The topological polar surface area (TPSA) is 105 Å². The second-order valence-corrected chi connectivity index (χ2v) is 9.72. The Hall–Kier alpha value is -3.35. The van der Waals surface area contributed by atoms with E-state index in [-0.39, 0.29) is 37.3 Å². The summed E-state index contributed by atoms with van der Waals surface area (Å²) in [5.41, 5.74) is 3.95. The minimum absolute atomic E-state index is 0.0414. The van der Waals surface area contributed by atoms with Crippen LogP contribution in [-0.4, -0.2) is 42.3 Å². The molecule has 0 spiro atoms. The maximum absolute atomic E-state index is 12.8. The number of benzene rings is 2. The number of carboxylic acid groups (broad SMARTS) is 1. The van der Waals surface area contributed by atoms with E-state index in [9.17, 15) is 14.4 Å². The summed E-state index contributed by atoms with van der Waals surface area (Å²) in [6.45, 7) is 7.67. The molecule has 0 heterocycles. The number of hydrogen-bond acceptors (Lipinski definition) is 4. The Morgan fingerprint density at radius 3 is 2.06 bits per heavy atom. The lowest BCUT2D eigenvalue weighted by Crippen LogP contribution is -2.54. The minimum Gasteiger partial charge on any atom is -0.481 e. The van der Waals surface area contributed by atoms with Gasteiger partial charge in [0.25, 0.3) is 0 Å². The minimum atomic E-state index is -0.916. The maximum atomic E-state index is 12.8. The molecule has 2 aromatic rings. The van der Waals surface area contributed by atoms with Crippen LogP contribution in [0.1, 0.15) is 51.2 Å². The first-order chi connectivity index (χ1) is 15.6. The quantitative estimate of drug-likeness (QED) is 0.558. The zero-order chi connectivity index (χ0) is 24.2. The zero-order valence-corrected chi connectivity index (χ0v) is 19.6. The van der Waals surface area contributed by atoms with E-state index in [4.69, 9.17) is 9.84 Å². The Morgan fingerprint density at radius 1 is 1.00 bits per heavy atom. The summed E-state index contributed by atoms with van der Waals surface area (Å²) in [5, 5.41) is 14.3. The monoisotopic (exact) mass is 452 g/mol. The fourth-order valence-electron chi connectivity index (χ4n) is 4.18. The van der Waals surface area contributed by atoms with E-state index < -0.39 is 23.5 Å². The Labute approximate surface area is 194 Å². The number of hydrogen-bond donors (Lipinski definition) is 3. The fraction of sp³-hybridized carbons (Fsp3) is 0.423. The number of carbonyl (C=O) groups is 3. The molecule has 1 aliphatic rings. The van der Waals surface area contributed by atoms with Gasteiger partial charge in [-0.15, -0.1) is 0 Å². The normalized spacial score (nSPS) is 14.5. The molecule has 0 saturated carbocycles. The summed E-state index contributed by atoms with van der Waals surface area (Å²) >= 11 is 0. The summed E-state index contributed by atoms with van der Waals surface area (Å²) in [6.07, 6.45) is -0.703. The number of fused-ring (bicyclic) bond motifs is 3. The van der Waals surface area contributed by atoms with E-state index in [0.29, 0.717) is 0 Å². The number of nitrogens with one attached hydrogen (secondary N) is 2. The van der Waals surface area contributed by atoms with Crippen molar-refractivity contribution in [3.63, 3.8) is 0 Å². The number of alkyl carbamates (subject to hydrolysis) is 1. The molecule has 2 atom stereocenters. The van der Waals surface area contributed by atoms with Gasteiger partial charge < -0.3 is 20.5 Å². The molecular weight excluding hydrogens is 420 g/mol. The van der Waals surface area contributed by atoms with Gasteiger partial charge in [0.2, 0.25) is 5.91 Å². The van der Waals surface area contributed by atoms with Gasteiger partial charge in [-0.05, 0) is 33.6 Å². The highest BCUT2D eigenvalue weighted by molar-refractivity contribution is 5.86. The third kappa shape index (κ3) is 5.92. The van der Waals surface area contributed by atoms with Crippen LogP contribution in [0.25, 0.3) is 11.1 Å². The molecule has 0 aliphatic heterocycles. The molecule has 7 heteroatoms. The first-order valence-electron chi connectivity index (χ1n) is 11.2. The smallest absolute Gasteiger partial charge is 0.407 e. The predicted octanol–water partition coefficient (Wildman–Crippen LogP) is 4.17. The third-order valence-corrected chi connectivity index (χ3v) is 5.88. The van der Waals surface area contributed by atoms with Crippen LogP contribution in [0.3, 0.4) is 0 Å². The predicted molar refractivity (Wildman–Crippen MR) is 126 cm³/mol. The lowest BCUT2D eigenvalue weighted by atomic mass is 9.86. The molecule has 0 bridgehead atoms. The fourth-order valence-corrected chi connectivity index (χ4v) is 4.18. The van der Waals surface area contributed by atoms with Crippen LogP contribution < -0.4 is 10.6 Å². The summed E-state index contributed by atoms with van der Waals surface area (Å²) in [5.74, 6) is -1.57. The SMILES string of the molecule is CC(CNC(=O)[C@H](NC(=O)OCC1c2ccccc2-c2ccccc21)C(C)(C)C)CC(=O)O. The van der Waals surface area contributed by atoms with E-state index in [0.717, 1.165) is 22.3 Å². The Bertz CT molecular complexity index is 982. The molecule has 2 aromatic carbocycles. The molecule has 0 fully saturated rings. The Kier molecular flexibility index (Phi) is 7.41. The Balaban J connectivity index is 1.63. The summed E-state index contributed by atoms with van der Waals surface area (Å²) in [6, 6.07) is 15.3. The molecule has 1 unspecified atom stereocenters. The highest BCUT2D eigenvalue weighted by atomic mass is 16.5. The zero-order valence-electron chi connectivity index (χ0n) is 19.6. The van der Waals surface area contributed by atoms with Crippen LogP contribution >= 0.6 is 0 Å². The van der Waals surface area contributed by atoms with Crippen molar-refractivity contribution in [3.8, 4) is 11.1 Å². The molecule has 0 saturated heterocycles. The van der Waals surface area contributed by atoms with Crippen LogP contribution in [0.4, 0.5) is 4.79 Å². The van der Waals surface area contributed by atoms with Crippen molar-refractivity contribution in [2.45, 2.75) is 46.1 Å². The van der Waals surface area contributed by atoms with Gasteiger partial charge in [0.05, 0.1) is 0 Å². The van der Waals surface area contributed by atoms with Crippen LogP contribution in [0.2, 0.25) is 0 Å². The summed E-state index contributed by atoms with van der Waals surface area (Å²) < 4.78 is 5.59. The summed E-state index contributed by atoms with van der Waals surface area (Å²) in [7, 11) is 0. The highest BCUT2D eigenvalue weighted by Crippen LogP contribution is 2.44. The van der Waals surface area contributed by atoms with E-state index in [1.165, 1.54) is 0 Å². The average molecular weight is 453 g/mol. The molecule has 3 N–H and O–H groups in total. The van der Waals surface area contributed by atoms with Gasteiger partial charge in [-0.3, -0.25) is 9.59 Å². The molecular formula is C26H32N2O5. The average Bonchev–Trinajstić information content (AvgIpc) is 3.07. The molecule has 3 rings (SSSR count). The first kappa shape index (κ1) is 24.3. The van der Waals surface area contributed by atoms with E-state index in [2.05, 4.69) is 22.8 Å². The number of carboxylic acids is 1. The van der Waals surface area contributed by atoms with E-state index >= 15 is 0 Å². The number of carbonyl (C=O) groups excluding carboxylic acids is 2. The van der Waals surface area contributed by atoms with Gasteiger partial charge in [-0.25, -0.2) is 4.79 Å². The van der Waals surface area contributed by atoms with Gasteiger partial charge in [0.15, 0.2) is 0 Å². The number of amides is 2. The maximum Gasteiger partial charge on any atom is 0.407 e. The van der Waals surface area contributed by atoms with Crippen molar-refractivity contribution >= 4 is 18.0 Å². The molecule has 33 heavy (non-hydrogen) atoms. The van der Waals surface area contributed by atoms with Gasteiger partial charge in [0, 0.05) is 18.9 Å². The van der Waals surface area contributed by atoms with Crippen LogP contribution in [0.15, 0.2) is 48.5 Å². The molecule has 176 valence electrons. The van der Waals surface area contributed by atoms with Gasteiger partial charge >= 0.3 is 12.1 Å². The second-order valence-electron chi connectivity index (χ2n) is 9.72. The van der Waals surface area contributed by atoms with Gasteiger partial charge in [-0.1, -0.05) is 76.2 Å². The summed E-state index contributed by atoms with van der Waals surface area (Å²) in [4.78, 5) is 36.3. The van der Waals surface area contributed by atoms with Gasteiger partial charge in [0.1, 0.15) is 12.6 Å². The molecule has 1 aliphatic carbocycles. The van der Waals surface area contributed by atoms with E-state index in [1.807, 2.05) is 57.2 Å². The van der Waals surface area contributed by atoms with E-state index in [1.54, 1.807) is 6.92 Å². The lowest BCUT2D eigenvalue weighted by Gasteiger charge is -2.30. The number of ether oxygens (including phenoxy) is 1.